The van der Waals surface area contributed by atoms with Gasteiger partial charge in [-0.05, 0) is 18.5 Å². The van der Waals surface area contributed by atoms with Gasteiger partial charge in [0.25, 0.3) is 0 Å². The predicted octanol–water partition coefficient (Wildman–Crippen LogP) is 2.52. The maximum atomic E-state index is 12.2. The molecular formula is C14H30N2O. The molecule has 1 N–H and O–H groups in total. The summed E-state index contributed by atoms with van der Waals surface area (Å²) >= 11 is 0. The van der Waals surface area contributed by atoms with Crippen LogP contribution in [0.1, 0.15) is 48.5 Å². The first-order valence-corrected chi connectivity index (χ1v) is 6.73. The Kier molecular flexibility index (Phi) is 6.95. The summed E-state index contributed by atoms with van der Waals surface area (Å²) in [6, 6.07) is -0.0666. The molecule has 0 saturated carbocycles. The summed E-state index contributed by atoms with van der Waals surface area (Å²) in [4.78, 5) is 14.5. The highest BCUT2D eigenvalue weighted by molar-refractivity contribution is 5.86. The van der Waals surface area contributed by atoms with Crippen LogP contribution in [0.5, 0.6) is 0 Å². The fourth-order valence-electron chi connectivity index (χ4n) is 1.83. The highest BCUT2D eigenvalue weighted by Crippen LogP contribution is 2.22. The second-order valence-electron chi connectivity index (χ2n) is 6.02. The molecule has 0 aliphatic rings. The molecule has 1 atom stereocenters. The SMILES string of the molecule is CCN(CC)CNC(C(=O)C(C)C)C(C)(C)C. The zero-order valence-corrected chi connectivity index (χ0v) is 12.6. The molecule has 0 saturated heterocycles. The second-order valence-corrected chi connectivity index (χ2v) is 6.02. The number of carbonyl (C=O) groups excluding carboxylic acids is 1. The van der Waals surface area contributed by atoms with Gasteiger partial charge in [-0.3, -0.25) is 15.0 Å². The Labute approximate surface area is 107 Å². The first kappa shape index (κ1) is 16.6. The van der Waals surface area contributed by atoms with E-state index >= 15 is 0 Å². The molecule has 3 nitrogen and oxygen atoms in total. The van der Waals surface area contributed by atoms with Crippen molar-refractivity contribution in [1.82, 2.24) is 10.2 Å². The third kappa shape index (κ3) is 5.64. The highest BCUT2D eigenvalue weighted by atomic mass is 16.1. The largest absolute Gasteiger partial charge is 0.298 e. The van der Waals surface area contributed by atoms with Crippen molar-refractivity contribution >= 4 is 5.78 Å². The predicted molar refractivity (Wildman–Crippen MR) is 74.0 cm³/mol. The summed E-state index contributed by atoms with van der Waals surface area (Å²) in [5, 5.41) is 3.42. The molecule has 0 aromatic carbocycles. The van der Waals surface area contributed by atoms with Gasteiger partial charge in [0.05, 0.1) is 6.04 Å². The van der Waals surface area contributed by atoms with Crippen molar-refractivity contribution in [3.05, 3.63) is 0 Å². The van der Waals surface area contributed by atoms with E-state index in [1.54, 1.807) is 0 Å². The van der Waals surface area contributed by atoms with Gasteiger partial charge >= 0.3 is 0 Å². The van der Waals surface area contributed by atoms with Gasteiger partial charge in [0.15, 0.2) is 5.78 Å². The van der Waals surface area contributed by atoms with E-state index < -0.39 is 0 Å². The number of ketones is 1. The van der Waals surface area contributed by atoms with Crippen LogP contribution < -0.4 is 5.32 Å². The van der Waals surface area contributed by atoms with Gasteiger partial charge in [-0.15, -0.1) is 0 Å². The average Bonchev–Trinajstić information content (AvgIpc) is 2.21. The van der Waals surface area contributed by atoms with Gasteiger partial charge in [-0.1, -0.05) is 48.5 Å². The lowest BCUT2D eigenvalue weighted by Gasteiger charge is -2.33. The van der Waals surface area contributed by atoms with E-state index in [1.165, 1.54) is 0 Å². The van der Waals surface area contributed by atoms with Gasteiger partial charge in [0.1, 0.15) is 0 Å². The molecule has 17 heavy (non-hydrogen) atoms. The van der Waals surface area contributed by atoms with Crippen LogP contribution in [0.2, 0.25) is 0 Å². The van der Waals surface area contributed by atoms with Crippen molar-refractivity contribution in [1.29, 1.82) is 0 Å². The van der Waals surface area contributed by atoms with E-state index in [9.17, 15) is 4.79 Å². The van der Waals surface area contributed by atoms with E-state index in [-0.39, 0.29) is 17.4 Å². The molecule has 0 bridgehead atoms. The number of hydrogen-bond donors (Lipinski definition) is 1. The number of hydrogen-bond acceptors (Lipinski definition) is 3. The Morgan fingerprint density at radius 1 is 1.18 bits per heavy atom. The zero-order valence-electron chi connectivity index (χ0n) is 12.6. The van der Waals surface area contributed by atoms with Crippen LogP contribution in [-0.4, -0.2) is 36.5 Å². The van der Waals surface area contributed by atoms with Gasteiger partial charge < -0.3 is 0 Å². The molecule has 102 valence electrons. The van der Waals surface area contributed by atoms with Crippen molar-refractivity contribution in [3.8, 4) is 0 Å². The zero-order chi connectivity index (χ0) is 13.6. The maximum absolute atomic E-state index is 12.2. The molecule has 0 spiro atoms. The fraction of sp³-hybridized carbons (Fsp3) is 0.929. The van der Waals surface area contributed by atoms with Crippen molar-refractivity contribution in [2.24, 2.45) is 11.3 Å². The van der Waals surface area contributed by atoms with Crippen LogP contribution in [0.4, 0.5) is 0 Å². The molecule has 0 aromatic heterocycles. The molecular weight excluding hydrogens is 212 g/mol. The van der Waals surface area contributed by atoms with Gasteiger partial charge in [0, 0.05) is 12.6 Å². The minimum absolute atomic E-state index is 0.0332. The Bertz CT molecular complexity index is 227. The topological polar surface area (TPSA) is 32.3 Å². The minimum atomic E-state index is -0.0666. The van der Waals surface area contributed by atoms with Crippen LogP contribution >= 0.6 is 0 Å². The standard InChI is InChI=1S/C14H30N2O/c1-8-16(9-2)10-15-13(14(5,6)7)12(17)11(3)4/h11,13,15H,8-10H2,1-7H3. The molecule has 1 unspecified atom stereocenters. The van der Waals surface area contributed by atoms with Gasteiger partial charge in [-0.2, -0.15) is 0 Å². The minimum Gasteiger partial charge on any atom is -0.298 e. The number of rotatable bonds is 7. The quantitative estimate of drug-likeness (QED) is 0.696. The molecule has 0 rings (SSSR count). The van der Waals surface area contributed by atoms with Crippen molar-refractivity contribution in [3.63, 3.8) is 0 Å². The summed E-state index contributed by atoms with van der Waals surface area (Å²) in [6.07, 6.45) is 0. The monoisotopic (exact) mass is 242 g/mol. The Hall–Kier alpha value is -0.410. The van der Waals surface area contributed by atoms with Crippen LogP contribution in [0.3, 0.4) is 0 Å². The smallest absolute Gasteiger partial charge is 0.152 e. The van der Waals surface area contributed by atoms with Gasteiger partial charge in [0.2, 0.25) is 0 Å². The van der Waals surface area contributed by atoms with Crippen LogP contribution in [-0.2, 0) is 4.79 Å². The van der Waals surface area contributed by atoms with Crippen LogP contribution in [0.15, 0.2) is 0 Å². The average molecular weight is 242 g/mol. The summed E-state index contributed by atoms with van der Waals surface area (Å²) in [5.41, 5.74) is -0.0332. The summed E-state index contributed by atoms with van der Waals surface area (Å²) in [6.45, 7) is 17.4. The van der Waals surface area contributed by atoms with Crippen LogP contribution in [0.25, 0.3) is 0 Å². The number of nitrogens with one attached hydrogen (secondary N) is 1. The molecule has 0 aliphatic heterocycles. The second kappa shape index (κ2) is 7.12. The molecule has 0 amide bonds. The third-order valence-corrected chi connectivity index (χ3v) is 3.13. The molecule has 0 aliphatic carbocycles. The van der Waals surface area contributed by atoms with Crippen molar-refractivity contribution in [2.75, 3.05) is 19.8 Å². The molecule has 0 aromatic rings. The normalized spacial score (nSPS) is 14.4. The highest BCUT2D eigenvalue weighted by Gasteiger charge is 2.32. The number of Topliss-reactive ketones (excluding diaryl/α,β-unsaturated/α-hetero) is 1. The lowest BCUT2D eigenvalue weighted by molar-refractivity contribution is -0.126. The molecule has 0 heterocycles. The third-order valence-electron chi connectivity index (χ3n) is 3.13. The maximum Gasteiger partial charge on any atom is 0.152 e. The van der Waals surface area contributed by atoms with Crippen molar-refractivity contribution in [2.45, 2.75) is 54.5 Å². The van der Waals surface area contributed by atoms with E-state index in [0.29, 0.717) is 5.78 Å². The number of nitrogens with zero attached hydrogens (tertiary/aromatic N) is 1. The fourth-order valence-corrected chi connectivity index (χ4v) is 1.83. The summed E-state index contributed by atoms with van der Waals surface area (Å²) < 4.78 is 0. The Morgan fingerprint density at radius 2 is 1.65 bits per heavy atom. The summed E-state index contributed by atoms with van der Waals surface area (Å²) in [7, 11) is 0. The lowest BCUT2D eigenvalue weighted by Crippen LogP contribution is -2.51. The van der Waals surface area contributed by atoms with Crippen LogP contribution in [0, 0.1) is 11.3 Å². The first-order chi connectivity index (χ1) is 7.73. The first-order valence-electron chi connectivity index (χ1n) is 6.73. The molecule has 0 fully saturated rings. The van der Waals surface area contributed by atoms with E-state index in [4.69, 9.17) is 0 Å². The Morgan fingerprint density at radius 3 is 1.94 bits per heavy atom. The van der Waals surface area contributed by atoms with Gasteiger partial charge in [-0.25, -0.2) is 0 Å². The van der Waals surface area contributed by atoms with Crippen molar-refractivity contribution < 1.29 is 4.79 Å². The molecule has 3 heteroatoms. The van der Waals surface area contributed by atoms with E-state index in [1.807, 2.05) is 13.8 Å². The number of carbonyl (C=O) groups is 1. The van der Waals surface area contributed by atoms with E-state index in [0.717, 1.165) is 19.8 Å². The summed E-state index contributed by atoms with van der Waals surface area (Å²) in [5.74, 6) is 0.396. The molecule has 0 radical (unpaired) electrons. The Balaban J connectivity index is 4.57. The lowest BCUT2D eigenvalue weighted by atomic mass is 9.81. The van der Waals surface area contributed by atoms with E-state index in [2.05, 4.69) is 44.8 Å².